The molecular formula is C35H41N6O8P. The van der Waals surface area contributed by atoms with Crippen LogP contribution in [0.3, 0.4) is 0 Å². The summed E-state index contributed by atoms with van der Waals surface area (Å²) in [5, 5.41) is 17.7. The first-order valence-electron chi connectivity index (χ1n) is 16.2. The SMILES string of the molecule is C[C@H](NP(=O)(OC[C@H]1O[C@@](C#N)(c2ccc3c(N)ncnn23)[C@@H]2OC(C)(C)O[C@@H]21)Oc1ccc(C(C)(C)C)cc1)C(=O)OCc1ccccc1. The number of anilines is 1. The molecule has 2 saturated heterocycles. The number of fused-ring (bicyclic) bond motifs is 2. The van der Waals surface area contributed by atoms with E-state index in [1.165, 1.54) is 17.8 Å². The summed E-state index contributed by atoms with van der Waals surface area (Å²) >= 11 is 0. The van der Waals surface area contributed by atoms with Crippen molar-refractivity contribution in [2.45, 2.75) is 89.3 Å². The topological polar surface area (TPSA) is 182 Å². The highest BCUT2D eigenvalue weighted by Crippen LogP contribution is 2.51. The third kappa shape index (κ3) is 7.11. The predicted molar refractivity (Wildman–Crippen MR) is 182 cm³/mol. The molecule has 2 aliphatic heterocycles. The van der Waals surface area contributed by atoms with Crippen molar-refractivity contribution in [3.8, 4) is 11.8 Å². The number of rotatable bonds is 11. The minimum Gasteiger partial charge on any atom is -0.460 e. The van der Waals surface area contributed by atoms with Crippen molar-refractivity contribution in [2.24, 2.45) is 0 Å². The third-order valence-corrected chi connectivity index (χ3v) is 10.2. The lowest BCUT2D eigenvalue weighted by atomic mass is 9.87. The molecule has 0 amide bonds. The largest absolute Gasteiger partial charge is 0.460 e. The van der Waals surface area contributed by atoms with Crippen molar-refractivity contribution in [1.29, 1.82) is 5.26 Å². The van der Waals surface area contributed by atoms with Crippen molar-refractivity contribution in [2.75, 3.05) is 12.3 Å². The van der Waals surface area contributed by atoms with Crippen LogP contribution in [0.25, 0.3) is 5.52 Å². The van der Waals surface area contributed by atoms with Crippen LogP contribution in [-0.2, 0) is 50.5 Å². The summed E-state index contributed by atoms with van der Waals surface area (Å²) in [6.45, 7) is 10.8. The van der Waals surface area contributed by atoms with Gasteiger partial charge in [0.15, 0.2) is 11.6 Å². The molecule has 0 bridgehead atoms. The molecule has 14 nitrogen and oxygen atoms in total. The smallest absolute Gasteiger partial charge is 0.459 e. The van der Waals surface area contributed by atoms with Crippen molar-refractivity contribution < 1.29 is 37.4 Å². The summed E-state index contributed by atoms with van der Waals surface area (Å²) in [6, 6.07) is 20.8. The zero-order chi connectivity index (χ0) is 35.9. The summed E-state index contributed by atoms with van der Waals surface area (Å²) in [7, 11) is -4.33. The van der Waals surface area contributed by atoms with Crippen LogP contribution in [0.2, 0.25) is 0 Å². The normalized spacial score (nSPS) is 24.6. The first-order valence-corrected chi connectivity index (χ1v) is 17.7. The van der Waals surface area contributed by atoms with E-state index in [-0.39, 0.29) is 30.2 Å². The Morgan fingerprint density at radius 3 is 2.50 bits per heavy atom. The van der Waals surface area contributed by atoms with Gasteiger partial charge in [-0.3, -0.25) is 9.32 Å². The van der Waals surface area contributed by atoms with Crippen molar-refractivity contribution in [3.63, 3.8) is 0 Å². The molecule has 2 fully saturated rings. The number of nitriles is 1. The molecule has 2 aromatic heterocycles. The third-order valence-electron chi connectivity index (χ3n) is 8.55. The molecule has 0 saturated carbocycles. The second kappa shape index (κ2) is 13.4. The van der Waals surface area contributed by atoms with Crippen molar-refractivity contribution in [1.82, 2.24) is 19.7 Å². The van der Waals surface area contributed by atoms with E-state index in [1.807, 2.05) is 42.5 Å². The standard InChI is InChI=1S/C35H41N6O8P/c1-22(32(42)44-18-23-10-8-7-9-11-23)40-50(43,49-25-14-12-24(13-15-25)33(2,3)4)45-19-27-29-30(48-34(5,6)47-29)35(20-36,46-27)28-17-16-26-31(37)38-21-39-41(26)28/h7-17,21-22,27,29-30H,18-19H2,1-6H3,(H,40,43)(H2,37,38,39)/t22-,27+,29+,30+,35-,50?/m0/s1. The molecule has 6 atom stereocenters. The van der Waals surface area contributed by atoms with Gasteiger partial charge < -0.3 is 29.2 Å². The Bertz CT molecular complexity index is 1940. The first-order chi connectivity index (χ1) is 23.6. The van der Waals surface area contributed by atoms with Crippen molar-refractivity contribution in [3.05, 3.63) is 89.9 Å². The molecule has 0 aliphatic carbocycles. The van der Waals surface area contributed by atoms with Gasteiger partial charge in [0.2, 0.25) is 5.60 Å². The monoisotopic (exact) mass is 704 g/mol. The van der Waals surface area contributed by atoms with Gasteiger partial charge in [0.1, 0.15) is 54.6 Å². The van der Waals surface area contributed by atoms with E-state index in [9.17, 15) is 14.6 Å². The molecule has 0 spiro atoms. The molecule has 2 aromatic carbocycles. The maximum Gasteiger partial charge on any atom is 0.459 e. The summed E-state index contributed by atoms with van der Waals surface area (Å²) < 4.78 is 52.4. The highest BCUT2D eigenvalue weighted by atomic mass is 31.2. The van der Waals surface area contributed by atoms with Crippen LogP contribution < -0.4 is 15.3 Å². The van der Waals surface area contributed by atoms with Gasteiger partial charge in [0.25, 0.3) is 0 Å². The van der Waals surface area contributed by atoms with Gasteiger partial charge >= 0.3 is 13.7 Å². The van der Waals surface area contributed by atoms with E-state index in [2.05, 4.69) is 42.0 Å². The molecule has 264 valence electrons. The number of nitrogens with one attached hydrogen (secondary N) is 1. The van der Waals surface area contributed by atoms with Crippen molar-refractivity contribution >= 4 is 25.1 Å². The van der Waals surface area contributed by atoms with Gasteiger partial charge in [-0.05, 0) is 61.6 Å². The molecule has 15 heteroatoms. The van der Waals surface area contributed by atoms with E-state index in [0.29, 0.717) is 11.2 Å². The van der Waals surface area contributed by atoms with Gasteiger partial charge in [0.05, 0.1) is 12.3 Å². The summed E-state index contributed by atoms with van der Waals surface area (Å²) in [6.07, 6.45) is -1.47. The number of carbonyl (C=O) groups excluding carboxylic acids is 1. The summed E-state index contributed by atoms with van der Waals surface area (Å²) in [4.78, 5) is 17.1. The Morgan fingerprint density at radius 1 is 1.10 bits per heavy atom. The van der Waals surface area contributed by atoms with E-state index >= 15 is 0 Å². The molecule has 4 aromatic rings. The summed E-state index contributed by atoms with van der Waals surface area (Å²) in [5.74, 6) is -1.30. The molecule has 3 N–H and O–H groups in total. The molecule has 4 heterocycles. The van der Waals surface area contributed by atoms with Gasteiger partial charge in [-0.15, -0.1) is 0 Å². The zero-order valence-corrected chi connectivity index (χ0v) is 29.6. The Balaban J connectivity index is 1.26. The van der Waals surface area contributed by atoms with Gasteiger partial charge in [-0.25, -0.2) is 14.1 Å². The van der Waals surface area contributed by atoms with Gasteiger partial charge in [0, 0.05) is 0 Å². The fraction of sp³-hybridized carbons (Fsp3) is 0.429. The number of hydrogen-bond donors (Lipinski definition) is 2. The second-order valence-electron chi connectivity index (χ2n) is 13.8. The summed E-state index contributed by atoms with van der Waals surface area (Å²) in [5.41, 5.74) is 6.87. The molecule has 50 heavy (non-hydrogen) atoms. The van der Waals surface area contributed by atoms with E-state index in [1.54, 1.807) is 38.1 Å². The average Bonchev–Trinajstić information content (AvgIpc) is 3.73. The first kappa shape index (κ1) is 35.5. The second-order valence-corrected chi connectivity index (χ2v) is 15.5. The van der Waals surface area contributed by atoms with Crippen LogP contribution in [0.4, 0.5) is 5.82 Å². The number of aromatic nitrogens is 3. The maximum absolute atomic E-state index is 14.5. The van der Waals surface area contributed by atoms with Crippen LogP contribution in [0, 0.1) is 11.3 Å². The lowest BCUT2D eigenvalue weighted by Crippen LogP contribution is -2.40. The molecule has 2 aliphatic rings. The maximum atomic E-state index is 14.5. The molecule has 0 radical (unpaired) electrons. The Kier molecular flexibility index (Phi) is 9.51. The number of nitrogen functional groups attached to an aromatic ring is 1. The lowest BCUT2D eigenvalue weighted by molar-refractivity contribution is -0.204. The number of esters is 1. The fourth-order valence-corrected chi connectivity index (χ4v) is 7.53. The highest BCUT2D eigenvalue weighted by molar-refractivity contribution is 7.52. The molecule has 6 rings (SSSR count). The van der Waals surface area contributed by atoms with Crippen LogP contribution >= 0.6 is 7.75 Å². The van der Waals surface area contributed by atoms with Gasteiger partial charge in [-0.2, -0.15) is 15.4 Å². The van der Waals surface area contributed by atoms with E-state index in [4.69, 9.17) is 33.7 Å². The molecule has 1 unspecified atom stereocenters. The van der Waals surface area contributed by atoms with Gasteiger partial charge in [-0.1, -0.05) is 63.2 Å². The van der Waals surface area contributed by atoms with Crippen LogP contribution in [-0.4, -0.2) is 57.3 Å². The number of benzene rings is 2. The number of ether oxygens (including phenoxy) is 4. The number of nitrogens with zero attached hydrogens (tertiary/aromatic N) is 4. The minimum absolute atomic E-state index is 0.0271. The number of hydrogen-bond acceptors (Lipinski definition) is 12. The van der Waals surface area contributed by atoms with Crippen LogP contribution in [0.15, 0.2) is 73.1 Å². The number of nitrogens with two attached hydrogens (primary N) is 1. The van der Waals surface area contributed by atoms with E-state index < -0.39 is 49.5 Å². The Labute approximate surface area is 290 Å². The lowest BCUT2D eigenvalue weighted by Gasteiger charge is -2.29. The number of carbonyl (C=O) groups is 1. The van der Waals surface area contributed by atoms with E-state index in [0.717, 1.165) is 11.1 Å². The fourth-order valence-electron chi connectivity index (χ4n) is 6.02. The Morgan fingerprint density at radius 2 is 1.82 bits per heavy atom. The zero-order valence-electron chi connectivity index (χ0n) is 28.7. The highest BCUT2D eigenvalue weighted by Gasteiger charge is 2.65. The average molecular weight is 705 g/mol. The minimum atomic E-state index is -4.33. The van der Waals surface area contributed by atoms with Crippen LogP contribution in [0.5, 0.6) is 5.75 Å². The van der Waals surface area contributed by atoms with Crippen LogP contribution in [0.1, 0.15) is 58.4 Å². The Hall–Kier alpha value is -4.35. The molecular weight excluding hydrogens is 663 g/mol. The predicted octanol–water partition coefficient (Wildman–Crippen LogP) is 5.17. The quantitative estimate of drug-likeness (QED) is 0.154.